The summed E-state index contributed by atoms with van der Waals surface area (Å²) in [5.74, 6) is -7.62. The van der Waals surface area contributed by atoms with Gasteiger partial charge in [-0.15, -0.1) is 0 Å². The summed E-state index contributed by atoms with van der Waals surface area (Å²) in [6, 6.07) is 16.9. The average Bonchev–Trinajstić information content (AvgIpc) is 2.62. The zero-order valence-electron chi connectivity index (χ0n) is 13.0. The normalized spacial score (nSPS) is 11.6. The number of nitrogens with one attached hydrogen (secondary N) is 1. The van der Waals surface area contributed by atoms with Crippen molar-refractivity contribution in [2.45, 2.75) is 11.7 Å². The molecule has 2 rings (SSSR count). The SMILES string of the molecule is O=C(O)/C(F)=C(/F)C(=O)Nc1ccc([Se]CCc2ccccc2)cc1. The topological polar surface area (TPSA) is 66.4 Å². The molecule has 0 saturated carbocycles. The first-order valence-electron chi connectivity index (χ1n) is 7.34. The number of aliphatic carboxylic acids is 1. The number of rotatable bonds is 7. The summed E-state index contributed by atoms with van der Waals surface area (Å²) in [6.07, 6.45) is 0.976. The van der Waals surface area contributed by atoms with Gasteiger partial charge in [-0.2, -0.15) is 0 Å². The summed E-state index contributed by atoms with van der Waals surface area (Å²) >= 11 is 0.249. The Bertz CT molecular complexity index is 777. The van der Waals surface area contributed by atoms with Gasteiger partial charge < -0.3 is 0 Å². The Labute approximate surface area is 149 Å². The molecular formula is C18H15F2NO3Se. The molecule has 0 aliphatic carbocycles. The van der Waals surface area contributed by atoms with Crippen molar-refractivity contribution >= 4 is 37.0 Å². The number of aryl methyl sites for hydroxylation is 1. The first-order valence-corrected chi connectivity index (χ1v) is 9.41. The van der Waals surface area contributed by atoms with E-state index in [0.29, 0.717) is 0 Å². The molecule has 0 fully saturated rings. The minimum atomic E-state index is -2.12. The van der Waals surface area contributed by atoms with Crippen molar-refractivity contribution in [3.05, 3.63) is 71.8 Å². The molecule has 0 spiro atoms. The van der Waals surface area contributed by atoms with Gasteiger partial charge in [0, 0.05) is 0 Å². The number of hydrogen-bond donors (Lipinski definition) is 2. The third-order valence-electron chi connectivity index (χ3n) is 3.19. The van der Waals surface area contributed by atoms with Gasteiger partial charge in [0.1, 0.15) is 0 Å². The van der Waals surface area contributed by atoms with Crippen molar-refractivity contribution in [3.63, 3.8) is 0 Å². The fourth-order valence-electron chi connectivity index (χ4n) is 1.95. The van der Waals surface area contributed by atoms with E-state index in [9.17, 15) is 18.4 Å². The summed E-state index contributed by atoms with van der Waals surface area (Å²) < 4.78 is 27.2. The third-order valence-corrected chi connectivity index (χ3v) is 5.32. The van der Waals surface area contributed by atoms with E-state index in [4.69, 9.17) is 5.11 Å². The maximum atomic E-state index is 13.2. The Balaban J connectivity index is 1.88. The van der Waals surface area contributed by atoms with Crippen molar-refractivity contribution < 1.29 is 23.5 Å². The van der Waals surface area contributed by atoms with Crippen LogP contribution >= 0.6 is 0 Å². The number of anilines is 1. The van der Waals surface area contributed by atoms with Gasteiger partial charge in [0.05, 0.1) is 0 Å². The molecule has 0 aliphatic rings. The summed E-state index contributed by atoms with van der Waals surface area (Å²) in [5, 5.41) is 11.5. The zero-order chi connectivity index (χ0) is 18.2. The van der Waals surface area contributed by atoms with Crippen LogP contribution in [0.25, 0.3) is 0 Å². The molecule has 2 aromatic rings. The molecule has 25 heavy (non-hydrogen) atoms. The van der Waals surface area contributed by atoms with Crippen molar-refractivity contribution in [2.75, 3.05) is 5.32 Å². The molecule has 2 aromatic carbocycles. The van der Waals surface area contributed by atoms with E-state index in [1.54, 1.807) is 24.3 Å². The summed E-state index contributed by atoms with van der Waals surface area (Å²) in [4.78, 5) is 21.7. The first kappa shape index (κ1) is 18.8. The van der Waals surface area contributed by atoms with Crippen LogP contribution in [0.4, 0.5) is 14.5 Å². The third kappa shape index (κ3) is 5.81. The molecule has 0 saturated heterocycles. The van der Waals surface area contributed by atoms with Crippen LogP contribution in [0.15, 0.2) is 66.3 Å². The van der Waals surface area contributed by atoms with E-state index < -0.39 is 23.5 Å². The Morgan fingerprint density at radius 3 is 2.20 bits per heavy atom. The van der Waals surface area contributed by atoms with E-state index in [1.807, 2.05) is 18.2 Å². The number of carbonyl (C=O) groups excluding carboxylic acids is 1. The van der Waals surface area contributed by atoms with Crippen LogP contribution in [0, 0.1) is 0 Å². The van der Waals surface area contributed by atoms with Gasteiger partial charge in [0.2, 0.25) is 0 Å². The summed E-state index contributed by atoms with van der Waals surface area (Å²) in [7, 11) is 0. The Morgan fingerprint density at radius 2 is 1.60 bits per heavy atom. The van der Waals surface area contributed by atoms with E-state index in [2.05, 4.69) is 17.4 Å². The van der Waals surface area contributed by atoms with Crippen LogP contribution in [0.2, 0.25) is 5.32 Å². The molecular weight excluding hydrogens is 395 g/mol. The number of carboxylic acids is 1. The quantitative estimate of drug-likeness (QED) is 0.545. The van der Waals surface area contributed by atoms with Crippen LogP contribution in [0.5, 0.6) is 0 Å². The molecule has 0 aromatic heterocycles. The van der Waals surface area contributed by atoms with E-state index in [0.717, 1.165) is 16.2 Å². The number of carboxylic acid groups (broad SMARTS) is 1. The van der Waals surface area contributed by atoms with Crippen LogP contribution in [0.1, 0.15) is 5.56 Å². The molecule has 0 heterocycles. The van der Waals surface area contributed by atoms with E-state index in [-0.39, 0.29) is 20.6 Å². The summed E-state index contributed by atoms with van der Waals surface area (Å²) in [5.41, 5.74) is 1.54. The van der Waals surface area contributed by atoms with Gasteiger partial charge >= 0.3 is 149 Å². The van der Waals surface area contributed by atoms with E-state index in [1.165, 1.54) is 5.56 Å². The molecule has 4 nitrogen and oxygen atoms in total. The van der Waals surface area contributed by atoms with E-state index >= 15 is 0 Å². The van der Waals surface area contributed by atoms with Crippen molar-refractivity contribution in [2.24, 2.45) is 0 Å². The van der Waals surface area contributed by atoms with Gasteiger partial charge in [-0.1, -0.05) is 0 Å². The second-order valence-electron chi connectivity index (χ2n) is 5.00. The van der Waals surface area contributed by atoms with Crippen molar-refractivity contribution in [1.82, 2.24) is 0 Å². The maximum absolute atomic E-state index is 13.2. The van der Waals surface area contributed by atoms with Gasteiger partial charge in [0.25, 0.3) is 0 Å². The fourth-order valence-corrected chi connectivity index (χ4v) is 3.84. The Morgan fingerprint density at radius 1 is 0.960 bits per heavy atom. The number of carbonyl (C=O) groups is 2. The summed E-state index contributed by atoms with van der Waals surface area (Å²) in [6.45, 7) is 0. The van der Waals surface area contributed by atoms with Crippen LogP contribution in [0.3, 0.4) is 0 Å². The monoisotopic (exact) mass is 411 g/mol. The molecule has 130 valence electrons. The molecule has 0 atom stereocenters. The molecule has 0 unspecified atom stereocenters. The predicted molar refractivity (Wildman–Crippen MR) is 92.3 cm³/mol. The Hall–Kier alpha value is -2.50. The van der Waals surface area contributed by atoms with Crippen LogP contribution in [-0.2, 0) is 16.0 Å². The molecule has 1 amide bonds. The first-order chi connectivity index (χ1) is 12.0. The van der Waals surface area contributed by atoms with Crippen molar-refractivity contribution in [3.8, 4) is 0 Å². The molecule has 2 N–H and O–H groups in total. The number of benzene rings is 2. The average molecular weight is 410 g/mol. The fraction of sp³-hybridized carbons (Fsp3) is 0.111. The number of amides is 1. The van der Waals surface area contributed by atoms with Crippen LogP contribution in [-0.4, -0.2) is 31.9 Å². The Kier molecular flexibility index (Phi) is 6.86. The number of halogens is 2. The van der Waals surface area contributed by atoms with Gasteiger partial charge in [-0.3, -0.25) is 0 Å². The molecule has 7 heteroatoms. The van der Waals surface area contributed by atoms with Gasteiger partial charge in [-0.05, 0) is 0 Å². The molecule has 0 radical (unpaired) electrons. The van der Waals surface area contributed by atoms with Crippen LogP contribution < -0.4 is 9.78 Å². The molecule has 0 bridgehead atoms. The van der Waals surface area contributed by atoms with Crippen molar-refractivity contribution in [1.29, 1.82) is 0 Å². The second-order valence-corrected chi connectivity index (χ2v) is 7.45. The van der Waals surface area contributed by atoms with Gasteiger partial charge in [0.15, 0.2) is 0 Å². The second kappa shape index (κ2) is 9.11. The zero-order valence-corrected chi connectivity index (χ0v) is 14.8. The van der Waals surface area contributed by atoms with Gasteiger partial charge in [-0.25, -0.2) is 0 Å². The number of hydrogen-bond acceptors (Lipinski definition) is 2. The molecule has 0 aliphatic heterocycles. The standard InChI is InChI=1S/C18H15F2NO3Se/c19-15(16(20)18(23)24)17(22)21-13-6-8-14(9-7-13)25-11-10-12-4-2-1-3-5-12/h1-9H,10-11H2,(H,21,22)(H,23,24)/b16-15-. The minimum absolute atomic E-state index is 0.249. The predicted octanol–water partition coefficient (Wildman–Crippen LogP) is 2.85.